The van der Waals surface area contributed by atoms with Crippen molar-refractivity contribution in [1.82, 2.24) is 34.7 Å². The lowest BCUT2D eigenvalue weighted by Gasteiger charge is -2.20. The molecule has 13 nitrogen and oxygen atoms in total. The van der Waals surface area contributed by atoms with Crippen molar-refractivity contribution in [2.24, 2.45) is 5.92 Å². The van der Waals surface area contributed by atoms with Gasteiger partial charge in [0, 0.05) is 20.3 Å². The number of ether oxygens (including phenoxy) is 1. The van der Waals surface area contributed by atoms with Gasteiger partial charge in [0.05, 0.1) is 19.3 Å². The number of nitrogens with zero attached hydrogens (tertiary/aromatic N) is 5. The molecular formula is C29H38N8O5. The number of methoxy groups -OCH3 is 1. The highest BCUT2D eigenvalue weighted by Crippen LogP contribution is 2.27. The number of pyridine rings is 1. The first-order valence-electron chi connectivity index (χ1n) is 14.2. The molecule has 42 heavy (non-hydrogen) atoms. The second-order valence-electron chi connectivity index (χ2n) is 10.7. The zero-order chi connectivity index (χ0) is 30.1. The number of alkyl carbamates (subject to hydrolysis) is 1. The highest BCUT2D eigenvalue weighted by atomic mass is 16.5. The Labute approximate surface area is 243 Å². The minimum Gasteiger partial charge on any atom is -0.453 e. The van der Waals surface area contributed by atoms with Crippen molar-refractivity contribution in [3.8, 4) is 0 Å². The molecule has 3 aromatic heterocycles. The highest BCUT2D eigenvalue weighted by molar-refractivity contribution is 5.96. The number of imidazole rings is 1. The summed E-state index contributed by atoms with van der Waals surface area (Å²) >= 11 is 0. The molecule has 224 valence electrons. The Morgan fingerprint density at radius 3 is 2.74 bits per heavy atom. The number of amides is 3. The fourth-order valence-electron chi connectivity index (χ4n) is 5.02. The lowest BCUT2D eigenvalue weighted by atomic mass is 9.86. The van der Waals surface area contributed by atoms with Crippen molar-refractivity contribution in [3.05, 3.63) is 58.7 Å². The number of nitrogens with one attached hydrogen (secondary N) is 3. The molecule has 1 aliphatic rings. The summed E-state index contributed by atoms with van der Waals surface area (Å²) in [6.07, 6.45) is 12.9. The molecule has 3 heterocycles. The monoisotopic (exact) mass is 578 g/mol. The molecule has 0 spiro atoms. The van der Waals surface area contributed by atoms with Gasteiger partial charge in [-0.05, 0) is 43.4 Å². The van der Waals surface area contributed by atoms with Gasteiger partial charge in [-0.2, -0.15) is 0 Å². The summed E-state index contributed by atoms with van der Waals surface area (Å²) in [5.74, 6) is 0.354. The number of anilines is 1. The molecule has 4 rings (SSSR count). The molecule has 3 amide bonds. The third kappa shape index (κ3) is 8.02. The minimum atomic E-state index is -0.999. The van der Waals surface area contributed by atoms with Crippen LogP contribution in [0.25, 0.3) is 11.2 Å². The fraction of sp³-hybridized carbons (Fsp3) is 0.483. The van der Waals surface area contributed by atoms with Crippen LogP contribution in [-0.2, 0) is 27.3 Å². The Bertz CT molecular complexity index is 1490. The van der Waals surface area contributed by atoms with Crippen LogP contribution in [-0.4, -0.2) is 74.6 Å². The van der Waals surface area contributed by atoms with Gasteiger partial charge >= 0.3 is 6.09 Å². The van der Waals surface area contributed by atoms with Crippen LogP contribution < -0.4 is 16.2 Å². The Kier molecular flexibility index (Phi) is 10.4. The molecule has 1 fully saturated rings. The van der Waals surface area contributed by atoms with E-state index in [2.05, 4.69) is 30.3 Å². The standard InChI is InChI=1S/C29H38N8O5/c1-36(2)24(38)14-8-7-12-20(33-29(41)42-3)27(39)32-21-13-9-15-37(28(21)40)17-23-34-25-22(30-18-31-26(25)35-23)16-19-10-5-4-6-11-19/h8-9,13-15,18-20H,4-7,10-12,16-17H2,1-3H3,(H,32,39)(H,33,41)(H,30,31,34,35). The fourth-order valence-corrected chi connectivity index (χ4v) is 5.02. The van der Waals surface area contributed by atoms with Gasteiger partial charge in [-0.15, -0.1) is 0 Å². The largest absolute Gasteiger partial charge is 0.453 e. The molecule has 1 aliphatic carbocycles. The maximum atomic E-state index is 13.3. The summed E-state index contributed by atoms with van der Waals surface area (Å²) < 4.78 is 6.08. The molecule has 1 atom stereocenters. The minimum absolute atomic E-state index is 0.0476. The first-order chi connectivity index (χ1) is 20.2. The van der Waals surface area contributed by atoms with E-state index in [1.54, 1.807) is 38.8 Å². The summed E-state index contributed by atoms with van der Waals surface area (Å²) in [4.78, 5) is 68.1. The van der Waals surface area contributed by atoms with Gasteiger partial charge in [-0.1, -0.05) is 38.2 Å². The summed E-state index contributed by atoms with van der Waals surface area (Å²) in [5, 5.41) is 5.10. The zero-order valence-corrected chi connectivity index (χ0v) is 24.3. The van der Waals surface area contributed by atoms with Crippen LogP contribution in [0.4, 0.5) is 10.5 Å². The number of H-pyrrole nitrogens is 1. The number of carbonyl (C=O) groups excluding carboxylic acids is 3. The third-order valence-corrected chi connectivity index (χ3v) is 7.33. The average Bonchev–Trinajstić information content (AvgIpc) is 3.40. The molecule has 3 aromatic rings. The normalized spacial score (nSPS) is 14.5. The molecule has 0 bridgehead atoms. The number of aromatic nitrogens is 5. The molecule has 1 saturated carbocycles. The number of fused-ring (bicyclic) bond motifs is 1. The van der Waals surface area contributed by atoms with Gasteiger partial charge in [0.25, 0.3) is 5.56 Å². The maximum Gasteiger partial charge on any atom is 0.407 e. The van der Waals surface area contributed by atoms with Gasteiger partial charge in [-0.25, -0.2) is 19.7 Å². The number of hydrogen-bond acceptors (Lipinski definition) is 8. The van der Waals surface area contributed by atoms with Crippen molar-refractivity contribution in [1.29, 1.82) is 0 Å². The van der Waals surface area contributed by atoms with E-state index in [1.165, 1.54) is 60.8 Å². The molecule has 0 aliphatic heterocycles. The molecule has 0 radical (unpaired) electrons. The molecule has 1 unspecified atom stereocenters. The predicted octanol–water partition coefficient (Wildman–Crippen LogP) is 2.77. The van der Waals surface area contributed by atoms with Gasteiger partial charge in [0.2, 0.25) is 11.8 Å². The van der Waals surface area contributed by atoms with E-state index in [4.69, 9.17) is 4.98 Å². The number of hydrogen-bond donors (Lipinski definition) is 3. The molecule has 0 aromatic carbocycles. The SMILES string of the molecule is COC(=O)NC(CCC=CC(=O)N(C)C)C(=O)Nc1cccn(Cc2nc3c(CC4CCCCC4)ncnc3[nH]2)c1=O. The van der Waals surface area contributed by atoms with Crippen LogP contribution >= 0.6 is 0 Å². The number of likely N-dealkylation sites (N-methyl/N-ethyl adjacent to an activating group) is 1. The van der Waals surface area contributed by atoms with Crippen molar-refractivity contribution in [3.63, 3.8) is 0 Å². The van der Waals surface area contributed by atoms with Crippen molar-refractivity contribution >= 4 is 34.8 Å². The van der Waals surface area contributed by atoms with Crippen LogP contribution in [0.15, 0.2) is 41.6 Å². The van der Waals surface area contributed by atoms with E-state index < -0.39 is 23.6 Å². The summed E-state index contributed by atoms with van der Waals surface area (Å²) in [5.41, 5.74) is 1.86. The molecule has 0 saturated heterocycles. The van der Waals surface area contributed by atoms with Gasteiger partial charge in [0.1, 0.15) is 29.4 Å². The van der Waals surface area contributed by atoms with E-state index in [0.29, 0.717) is 29.3 Å². The smallest absolute Gasteiger partial charge is 0.407 e. The number of carbonyl (C=O) groups is 3. The van der Waals surface area contributed by atoms with Crippen LogP contribution in [0.3, 0.4) is 0 Å². The van der Waals surface area contributed by atoms with Crippen molar-refractivity contribution < 1.29 is 19.1 Å². The van der Waals surface area contributed by atoms with E-state index in [0.717, 1.165) is 12.1 Å². The summed E-state index contributed by atoms with van der Waals surface area (Å²) in [6.45, 7) is 0.135. The maximum absolute atomic E-state index is 13.3. The van der Waals surface area contributed by atoms with Crippen molar-refractivity contribution in [2.45, 2.75) is 64.0 Å². The molecule has 3 N–H and O–H groups in total. The van der Waals surface area contributed by atoms with Crippen molar-refractivity contribution in [2.75, 3.05) is 26.5 Å². The number of rotatable bonds is 11. The average molecular weight is 579 g/mol. The Hall–Kier alpha value is -4.55. The lowest BCUT2D eigenvalue weighted by molar-refractivity contribution is -0.123. The second kappa shape index (κ2) is 14.4. The Balaban J connectivity index is 1.46. The van der Waals surface area contributed by atoms with E-state index in [1.807, 2.05) is 0 Å². The first-order valence-corrected chi connectivity index (χ1v) is 14.2. The Morgan fingerprint density at radius 2 is 2.00 bits per heavy atom. The van der Waals surface area contributed by atoms with Gasteiger partial charge in [0.15, 0.2) is 5.65 Å². The first kappa shape index (κ1) is 30.4. The van der Waals surface area contributed by atoms with Crippen LogP contribution in [0.2, 0.25) is 0 Å². The van der Waals surface area contributed by atoms with Crippen LogP contribution in [0, 0.1) is 5.92 Å². The topological polar surface area (TPSA) is 164 Å². The predicted molar refractivity (Wildman–Crippen MR) is 157 cm³/mol. The summed E-state index contributed by atoms with van der Waals surface area (Å²) in [7, 11) is 4.46. The number of aromatic amines is 1. The van der Waals surface area contributed by atoms with E-state index >= 15 is 0 Å². The Morgan fingerprint density at radius 1 is 1.21 bits per heavy atom. The van der Waals surface area contributed by atoms with Gasteiger partial charge < -0.3 is 29.8 Å². The zero-order valence-electron chi connectivity index (χ0n) is 24.3. The van der Waals surface area contributed by atoms with E-state index in [9.17, 15) is 19.2 Å². The van der Waals surface area contributed by atoms with Crippen LogP contribution in [0.1, 0.15) is 56.5 Å². The lowest BCUT2D eigenvalue weighted by Crippen LogP contribution is -2.44. The number of allylic oxidation sites excluding steroid dienone is 1. The van der Waals surface area contributed by atoms with E-state index in [-0.39, 0.29) is 24.6 Å². The summed E-state index contributed by atoms with van der Waals surface area (Å²) in [6, 6.07) is 2.14. The quantitative estimate of drug-likeness (QED) is 0.292. The van der Waals surface area contributed by atoms with Crippen LogP contribution in [0.5, 0.6) is 0 Å². The third-order valence-electron chi connectivity index (χ3n) is 7.33. The highest BCUT2D eigenvalue weighted by Gasteiger charge is 2.22. The molecule has 13 heteroatoms. The molecular weight excluding hydrogens is 540 g/mol. The van der Waals surface area contributed by atoms with Gasteiger partial charge in [-0.3, -0.25) is 14.4 Å². The second-order valence-corrected chi connectivity index (χ2v) is 10.7.